The fraction of sp³-hybridized carbons (Fsp3) is 0.333. The summed E-state index contributed by atoms with van der Waals surface area (Å²) in [5, 5.41) is 8.79. The lowest BCUT2D eigenvalue weighted by Crippen LogP contribution is -2.40. The smallest absolute Gasteiger partial charge is 0.262 e. The van der Waals surface area contributed by atoms with Crippen molar-refractivity contribution in [3.05, 3.63) is 35.4 Å². The number of hydrogen-bond acceptors (Lipinski definition) is 4. The van der Waals surface area contributed by atoms with Gasteiger partial charge in [0.15, 0.2) is 0 Å². The highest BCUT2D eigenvalue weighted by Crippen LogP contribution is 2.22. The van der Waals surface area contributed by atoms with Crippen molar-refractivity contribution in [3.63, 3.8) is 0 Å². The Morgan fingerprint density at radius 3 is 2.18 bits per heavy atom. The number of aliphatic hydroxyl groups is 1. The summed E-state index contributed by atoms with van der Waals surface area (Å²) in [5.74, 6) is -0.536. The molecule has 0 atom stereocenters. The van der Waals surface area contributed by atoms with E-state index < -0.39 is 0 Å². The van der Waals surface area contributed by atoms with Gasteiger partial charge in [-0.15, -0.1) is 0 Å². The van der Waals surface area contributed by atoms with Crippen LogP contribution < -0.4 is 0 Å². The lowest BCUT2D eigenvalue weighted by molar-refractivity contribution is 0.0549. The van der Waals surface area contributed by atoms with Crippen molar-refractivity contribution in [2.75, 3.05) is 26.9 Å². The van der Waals surface area contributed by atoms with E-state index in [1.54, 1.807) is 36.2 Å². The fourth-order valence-electron chi connectivity index (χ4n) is 1.85. The molecule has 0 radical (unpaired) electrons. The van der Waals surface area contributed by atoms with Gasteiger partial charge in [0.2, 0.25) is 0 Å². The minimum absolute atomic E-state index is 0.000328. The summed E-state index contributed by atoms with van der Waals surface area (Å²) in [5.41, 5.74) is 0.907. The lowest BCUT2D eigenvalue weighted by atomic mass is 10.1. The number of aliphatic hydroxyl groups excluding tert-OH is 1. The van der Waals surface area contributed by atoms with Gasteiger partial charge in [0.1, 0.15) is 0 Å². The number of imide groups is 1. The maximum absolute atomic E-state index is 12.0. The van der Waals surface area contributed by atoms with Crippen molar-refractivity contribution < 1.29 is 14.7 Å². The number of benzene rings is 1. The quantitative estimate of drug-likeness (QED) is 0.754. The molecule has 17 heavy (non-hydrogen) atoms. The molecule has 1 N–H and O–H groups in total. The minimum Gasteiger partial charge on any atom is -0.395 e. The predicted molar refractivity (Wildman–Crippen MR) is 61.5 cm³/mol. The number of carbonyl (C=O) groups is 2. The van der Waals surface area contributed by atoms with E-state index in [4.69, 9.17) is 5.11 Å². The molecule has 0 spiro atoms. The standard InChI is InChI=1S/C12H14N2O3/c1-13(6-7-15)8-14-11(16)9-4-2-3-5-10(9)12(14)17/h2-5,15H,6-8H2,1H3. The van der Waals surface area contributed by atoms with Crippen LogP contribution in [-0.2, 0) is 0 Å². The molecular formula is C12H14N2O3. The van der Waals surface area contributed by atoms with Crippen molar-refractivity contribution in [3.8, 4) is 0 Å². The summed E-state index contributed by atoms with van der Waals surface area (Å²) in [6.07, 6.45) is 0. The molecule has 90 valence electrons. The molecule has 0 saturated carbocycles. The van der Waals surface area contributed by atoms with Crippen molar-refractivity contribution in [1.82, 2.24) is 9.80 Å². The molecular weight excluding hydrogens is 220 g/mol. The van der Waals surface area contributed by atoms with Crippen LogP contribution in [0, 0.1) is 0 Å². The number of fused-ring (bicyclic) bond motifs is 1. The SMILES string of the molecule is CN(CCO)CN1C(=O)c2ccccc2C1=O. The van der Waals surface area contributed by atoms with Gasteiger partial charge >= 0.3 is 0 Å². The van der Waals surface area contributed by atoms with E-state index in [0.717, 1.165) is 0 Å². The Labute approximate surface area is 99.3 Å². The molecule has 1 aliphatic heterocycles. The molecule has 1 aromatic rings. The van der Waals surface area contributed by atoms with Crippen molar-refractivity contribution in [2.45, 2.75) is 0 Å². The number of carbonyl (C=O) groups excluding carboxylic acids is 2. The molecule has 0 bridgehead atoms. The Hall–Kier alpha value is -1.72. The molecule has 1 aromatic carbocycles. The van der Waals surface area contributed by atoms with Crippen molar-refractivity contribution >= 4 is 11.8 Å². The predicted octanol–water partition coefficient (Wildman–Crippen LogP) is 0.164. The number of likely N-dealkylation sites (N-methyl/N-ethyl adjacent to an activating group) is 1. The van der Waals surface area contributed by atoms with E-state index in [-0.39, 0.29) is 25.1 Å². The lowest BCUT2D eigenvalue weighted by Gasteiger charge is -2.21. The van der Waals surface area contributed by atoms with Crippen LogP contribution in [0.1, 0.15) is 20.7 Å². The fourth-order valence-corrected chi connectivity index (χ4v) is 1.85. The first-order valence-electron chi connectivity index (χ1n) is 5.39. The zero-order valence-electron chi connectivity index (χ0n) is 9.59. The van der Waals surface area contributed by atoms with Crippen molar-refractivity contribution in [2.24, 2.45) is 0 Å². The minimum atomic E-state index is -0.268. The average Bonchev–Trinajstić information content (AvgIpc) is 2.56. The van der Waals surface area contributed by atoms with Crippen molar-refractivity contribution in [1.29, 1.82) is 0 Å². The van der Waals surface area contributed by atoms with Crippen LogP contribution in [0.4, 0.5) is 0 Å². The Kier molecular flexibility index (Phi) is 3.21. The van der Waals surface area contributed by atoms with Crippen LogP contribution in [-0.4, -0.2) is 53.6 Å². The van der Waals surface area contributed by atoms with Crippen LogP contribution in [0.25, 0.3) is 0 Å². The van der Waals surface area contributed by atoms with Gasteiger partial charge in [-0.05, 0) is 19.2 Å². The maximum Gasteiger partial charge on any atom is 0.262 e. The first-order chi connectivity index (χ1) is 8.15. The Morgan fingerprint density at radius 1 is 1.18 bits per heavy atom. The van der Waals surface area contributed by atoms with Crippen LogP contribution in [0.3, 0.4) is 0 Å². The number of nitrogens with zero attached hydrogens (tertiary/aromatic N) is 2. The zero-order chi connectivity index (χ0) is 12.4. The molecule has 0 fully saturated rings. The van der Waals surface area contributed by atoms with E-state index >= 15 is 0 Å². The van der Waals surface area contributed by atoms with Gasteiger partial charge in [-0.3, -0.25) is 19.4 Å². The van der Waals surface area contributed by atoms with Crippen LogP contribution in [0.15, 0.2) is 24.3 Å². The van der Waals surface area contributed by atoms with E-state index in [1.165, 1.54) is 4.90 Å². The molecule has 2 rings (SSSR count). The second-order valence-electron chi connectivity index (χ2n) is 4.03. The normalized spacial score (nSPS) is 14.6. The van der Waals surface area contributed by atoms with Gasteiger partial charge < -0.3 is 5.11 Å². The van der Waals surface area contributed by atoms with Crippen LogP contribution >= 0.6 is 0 Å². The molecule has 2 amide bonds. The van der Waals surface area contributed by atoms with Gasteiger partial charge in [0, 0.05) is 6.54 Å². The summed E-state index contributed by atoms with van der Waals surface area (Å²) in [4.78, 5) is 26.8. The number of rotatable bonds is 4. The zero-order valence-corrected chi connectivity index (χ0v) is 9.59. The Balaban J connectivity index is 2.19. The molecule has 5 nitrogen and oxygen atoms in total. The molecule has 0 saturated heterocycles. The summed E-state index contributed by atoms with van der Waals surface area (Å²) >= 11 is 0. The molecule has 0 aliphatic carbocycles. The third-order valence-electron chi connectivity index (χ3n) is 2.74. The monoisotopic (exact) mass is 234 g/mol. The Morgan fingerprint density at radius 2 is 1.71 bits per heavy atom. The highest BCUT2D eigenvalue weighted by Gasteiger charge is 2.35. The summed E-state index contributed by atoms with van der Waals surface area (Å²) < 4.78 is 0. The number of hydrogen-bond donors (Lipinski definition) is 1. The topological polar surface area (TPSA) is 60.9 Å². The van der Waals surface area contributed by atoms with Crippen LogP contribution in [0.5, 0.6) is 0 Å². The van der Waals surface area contributed by atoms with Gasteiger partial charge in [-0.2, -0.15) is 0 Å². The summed E-state index contributed by atoms with van der Waals surface area (Å²) in [6, 6.07) is 6.79. The second-order valence-corrected chi connectivity index (χ2v) is 4.03. The first-order valence-corrected chi connectivity index (χ1v) is 5.39. The number of amides is 2. The van der Waals surface area contributed by atoms with E-state index in [1.807, 2.05) is 0 Å². The highest BCUT2D eigenvalue weighted by molar-refractivity contribution is 6.21. The van der Waals surface area contributed by atoms with Gasteiger partial charge in [0.25, 0.3) is 11.8 Å². The molecule has 1 heterocycles. The highest BCUT2D eigenvalue weighted by atomic mass is 16.3. The summed E-state index contributed by atoms with van der Waals surface area (Å²) in [7, 11) is 1.75. The van der Waals surface area contributed by atoms with Gasteiger partial charge in [-0.25, -0.2) is 0 Å². The van der Waals surface area contributed by atoms with Gasteiger partial charge in [-0.1, -0.05) is 12.1 Å². The Bertz CT molecular complexity index is 424. The van der Waals surface area contributed by atoms with E-state index in [9.17, 15) is 9.59 Å². The molecule has 1 aliphatic rings. The third kappa shape index (κ3) is 2.07. The average molecular weight is 234 g/mol. The first kappa shape index (κ1) is 11.8. The summed E-state index contributed by atoms with van der Waals surface area (Å²) in [6.45, 7) is 0.625. The van der Waals surface area contributed by atoms with Gasteiger partial charge in [0.05, 0.1) is 24.4 Å². The molecule has 0 aromatic heterocycles. The maximum atomic E-state index is 12.0. The van der Waals surface area contributed by atoms with Crippen LogP contribution in [0.2, 0.25) is 0 Å². The van der Waals surface area contributed by atoms with E-state index in [2.05, 4.69) is 0 Å². The molecule has 0 unspecified atom stereocenters. The third-order valence-corrected chi connectivity index (χ3v) is 2.74. The largest absolute Gasteiger partial charge is 0.395 e. The van der Waals surface area contributed by atoms with E-state index in [0.29, 0.717) is 17.7 Å². The molecule has 5 heteroatoms. The second kappa shape index (κ2) is 4.65.